The Kier molecular flexibility index (Phi) is 5.38. The molecular weight excluding hydrogens is 432 g/mol. The highest BCUT2D eigenvalue weighted by Gasteiger charge is 2.58. The van der Waals surface area contributed by atoms with Crippen LogP contribution in [0.2, 0.25) is 0 Å². The van der Waals surface area contributed by atoms with Gasteiger partial charge in [-0.15, -0.1) is 0 Å². The Morgan fingerprint density at radius 2 is 1.59 bits per heavy atom. The van der Waals surface area contributed by atoms with E-state index in [4.69, 9.17) is 9.47 Å². The highest BCUT2D eigenvalue weighted by Crippen LogP contribution is 2.47. The van der Waals surface area contributed by atoms with E-state index in [9.17, 15) is 14.4 Å². The molecule has 1 atom stereocenters. The number of ether oxygens (including phenoxy) is 2. The summed E-state index contributed by atoms with van der Waals surface area (Å²) in [6, 6.07) is 15.6. The molecule has 5 rings (SSSR count). The first-order valence-corrected chi connectivity index (χ1v) is 11.8. The van der Waals surface area contributed by atoms with Crippen LogP contribution in [0.5, 0.6) is 0 Å². The van der Waals surface area contributed by atoms with E-state index in [2.05, 4.69) is 24.3 Å². The molecule has 1 saturated heterocycles. The third-order valence-corrected chi connectivity index (χ3v) is 6.90. The standard InChI is InChI=1S/C27H30N2O5/c1-26(2,3)34-24(31)28-14-18(15-30)29(27(17-28)12-13-27)25(32)33-16-23-21-10-6-4-8-19(21)20-9-5-7-11-22(20)23/h4-11,15,18,23H,12-14,16-17H2,1-3H3. The fourth-order valence-corrected chi connectivity index (χ4v) is 5.26. The summed E-state index contributed by atoms with van der Waals surface area (Å²) in [6.07, 6.45) is 1.22. The van der Waals surface area contributed by atoms with E-state index in [0.29, 0.717) is 6.54 Å². The van der Waals surface area contributed by atoms with Crippen molar-refractivity contribution < 1.29 is 23.9 Å². The molecule has 2 amide bonds. The Labute approximate surface area is 199 Å². The van der Waals surface area contributed by atoms with Gasteiger partial charge in [0.1, 0.15) is 24.5 Å². The van der Waals surface area contributed by atoms with Crippen molar-refractivity contribution in [2.45, 2.75) is 56.7 Å². The molecule has 0 N–H and O–H groups in total. The smallest absolute Gasteiger partial charge is 0.410 e. The van der Waals surface area contributed by atoms with E-state index in [-0.39, 0.29) is 19.1 Å². The van der Waals surface area contributed by atoms with Gasteiger partial charge in [0.2, 0.25) is 0 Å². The van der Waals surface area contributed by atoms with Crippen molar-refractivity contribution in [3.05, 3.63) is 59.7 Å². The van der Waals surface area contributed by atoms with E-state index in [1.165, 1.54) is 0 Å². The molecule has 178 valence electrons. The minimum absolute atomic E-state index is 0.0516. The molecule has 2 fully saturated rings. The van der Waals surface area contributed by atoms with Gasteiger partial charge < -0.3 is 19.2 Å². The normalized spacial score (nSPS) is 20.5. The predicted molar refractivity (Wildman–Crippen MR) is 127 cm³/mol. The van der Waals surface area contributed by atoms with Crippen molar-refractivity contribution in [1.82, 2.24) is 9.80 Å². The molecule has 2 aliphatic carbocycles. The molecule has 1 spiro atoms. The Morgan fingerprint density at radius 1 is 1.00 bits per heavy atom. The third-order valence-electron chi connectivity index (χ3n) is 6.90. The van der Waals surface area contributed by atoms with Crippen LogP contribution in [0.3, 0.4) is 0 Å². The van der Waals surface area contributed by atoms with Crippen LogP contribution in [-0.2, 0) is 14.3 Å². The van der Waals surface area contributed by atoms with Gasteiger partial charge in [0.05, 0.1) is 12.1 Å². The largest absolute Gasteiger partial charge is 0.448 e. The van der Waals surface area contributed by atoms with Gasteiger partial charge in [0, 0.05) is 12.5 Å². The Morgan fingerprint density at radius 3 is 2.12 bits per heavy atom. The summed E-state index contributed by atoms with van der Waals surface area (Å²) in [5.74, 6) is -0.0516. The first kappa shape index (κ1) is 22.4. The van der Waals surface area contributed by atoms with Crippen LogP contribution >= 0.6 is 0 Å². The SMILES string of the molecule is CC(C)(C)OC(=O)N1CC(C=O)N(C(=O)OCC2c3ccccc3-c3ccccc32)C2(CC2)C1. The number of amides is 2. The van der Waals surface area contributed by atoms with Crippen LogP contribution in [0.1, 0.15) is 50.7 Å². The van der Waals surface area contributed by atoms with Crippen molar-refractivity contribution >= 4 is 18.5 Å². The monoisotopic (exact) mass is 462 g/mol. The molecule has 0 aromatic heterocycles. The average molecular weight is 463 g/mol. The van der Waals surface area contributed by atoms with Crippen LogP contribution in [0.25, 0.3) is 11.1 Å². The molecule has 7 heteroatoms. The lowest BCUT2D eigenvalue weighted by Crippen LogP contribution is -2.64. The van der Waals surface area contributed by atoms with E-state index in [1.807, 2.05) is 45.0 Å². The maximum Gasteiger partial charge on any atom is 0.410 e. The number of aldehydes is 1. The second-order valence-electron chi connectivity index (χ2n) is 10.5. The molecule has 0 radical (unpaired) electrons. The Balaban J connectivity index is 1.32. The van der Waals surface area contributed by atoms with Gasteiger partial charge in [0.25, 0.3) is 0 Å². The van der Waals surface area contributed by atoms with E-state index in [1.54, 1.807) is 9.80 Å². The van der Waals surface area contributed by atoms with Crippen LogP contribution in [-0.4, -0.2) is 65.2 Å². The zero-order valence-corrected chi connectivity index (χ0v) is 19.8. The number of fused-ring (bicyclic) bond motifs is 3. The lowest BCUT2D eigenvalue weighted by Gasteiger charge is -2.44. The van der Waals surface area contributed by atoms with Gasteiger partial charge in [-0.1, -0.05) is 48.5 Å². The van der Waals surface area contributed by atoms with Crippen molar-refractivity contribution in [3.8, 4) is 11.1 Å². The average Bonchev–Trinajstić information content (AvgIpc) is 3.48. The summed E-state index contributed by atoms with van der Waals surface area (Å²) in [6.45, 7) is 6.06. The first-order valence-electron chi connectivity index (χ1n) is 11.8. The van der Waals surface area contributed by atoms with Crippen LogP contribution in [0.4, 0.5) is 9.59 Å². The fraction of sp³-hybridized carbons (Fsp3) is 0.444. The molecule has 3 aliphatic rings. The number of piperazine rings is 1. The maximum atomic E-state index is 13.3. The van der Waals surface area contributed by atoms with Gasteiger partial charge in [-0.05, 0) is 55.9 Å². The number of carbonyl (C=O) groups excluding carboxylic acids is 3. The number of hydrogen-bond acceptors (Lipinski definition) is 5. The van der Waals surface area contributed by atoms with Crippen molar-refractivity contribution in [3.63, 3.8) is 0 Å². The third kappa shape index (κ3) is 3.93. The number of hydrogen-bond donors (Lipinski definition) is 0. The predicted octanol–water partition coefficient (Wildman–Crippen LogP) is 4.59. The highest BCUT2D eigenvalue weighted by molar-refractivity contribution is 5.80. The summed E-state index contributed by atoms with van der Waals surface area (Å²) < 4.78 is 11.4. The van der Waals surface area contributed by atoms with E-state index < -0.39 is 29.4 Å². The molecule has 1 saturated carbocycles. The Bertz CT molecular complexity index is 1090. The van der Waals surface area contributed by atoms with E-state index >= 15 is 0 Å². The molecule has 34 heavy (non-hydrogen) atoms. The zero-order chi connectivity index (χ0) is 24.1. The lowest BCUT2D eigenvalue weighted by atomic mass is 9.98. The quantitative estimate of drug-likeness (QED) is 0.624. The minimum Gasteiger partial charge on any atom is -0.448 e. The van der Waals surface area contributed by atoms with Crippen LogP contribution in [0, 0.1) is 0 Å². The number of carbonyl (C=O) groups is 3. The van der Waals surface area contributed by atoms with Crippen LogP contribution < -0.4 is 0 Å². The maximum absolute atomic E-state index is 13.3. The summed E-state index contributed by atoms with van der Waals surface area (Å²) in [4.78, 5) is 41.1. The Hall–Kier alpha value is -3.35. The van der Waals surface area contributed by atoms with Crippen LogP contribution in [0.15, 0.2) is 48.5 Å². The molecule has 0 bridgehead atoms. The highest BCUT2D eigenvalue weighted by atomic mass is 16.6. The number of benzene rings is 2. The van der Waals surface area contributed by atoms with Crippen molar-refractivity contribution in [2.75, 3.05) is 19.7 Å². The molecule has 7 nitrogen and oxygen atoms in total. The summed E-state index contributed by atoms with van der Waals surface area (Å²) in [7, 11) is 0. The van der Waals surface area contributed by atoms with Gasteiger partial charge in [-0.3, -0.25) is 4.90 Å². The topological polar surface area (TPSA) is 76.2 Å². The lowest BCUT2D eigenvalue weighted by molar-refractivity contribution is -0.116. The second-order valence-corrected chi connectivity index (χ2v) is 10.5. The molecule has 1 heterocycles. The molecule has 1 unspecified atom stereocenters. The molecule has 2 aromatic carbocycles. The van der Waals surface area contributed by atoms with Crippen molar-refractivity contribution in [1.29, 1.82) is 0 Å². The van der Waals surface area contributed by atoms with Gasteiger partial charge in [-0.2, -0.15) is 0 Å². The first-order chi connectivity index (χ1) is 16.2. The molecule has 1 aliphatic heterocycles. The van der Waals surface area contributed by atoms with Gasteiger partial charge in [-0.25, -0.2) is 9.59 Å². The van der Waals surface area contributed by atoms with Gasteiger partial charge in [0.15, 0.2) is 0 Å². The summed E-state index contributed by atoms with van der Waals surface area (Å²) in [5.41, 5.74) is 3.40. The molecular formula is C27H30N2O5. The molecule has 2 aromatic rings. The summed E-state index contributed by atoms with van der Waals surface area (Å²) >= 11 is 0. The fourth-order valence-electron chi connectivity index (χ4n) is 5.26. The van der Waals surface area contributed by atoms with E-state index in [0.717, 1.165) is 41.4 Å². The second kappa shape index (κ2) is 8.15. The number of rotatable bonds is 3. The minimum atomic E-state index is -0.764. The summed E-state index contributed by atoms with van der Waals surface area (Å²) in [5, 5.41) is 0. The number of nitrogens with zero attached hydrogens (tertiary/aromatic N) is 2. The zero-order valence-electron chi connectivity index (χ0n) is 19.8. The van der Waals surface area contributed by atoms with Gasteiger partial charge >= 0.3 is 12.2 Å². The van der Waals surface area contributed by atoms with Crippen molar-refractivity contribution in [2.24, 2.45) is 0 Å².